The molecule has 7 heteroatoms. The van der Waals surface area contributed by atoms with Crippen LogP contribution in [0.2, 0.25) is 5.15 Å². The molecule has 1 unspecified atom stereocenters. The molecule has 0 aliphatic rings. The Morgan fingerprint density at radius 3 is 2.76 bits per heavy atom. The Kier molecular flexibility index (Phi) is 3.23. The highest BCUT2D eigenvalue weighted by Gasteiger charge is 2.13. The summed E-state index contributed by atoms with van der Waals surface area (Å²) in [4.78, 5) is 12.5. The number of aromatic amines is 1. The van der Waals surface area contributed by atoms with Crippen LogP contribution in [0.4, 0.5) is 5.82 Å². The van der Waals surface area contributed by atoms with Crippen molar-refractivity contribution in [1.29, 1.82) is 0 Å². The molecule has 0 spiro atoms. The molecule has 0 saturated heterocycles. The smallest absolute Gasteiger partial charge is 0.146 e. The Labute approximate surface area is 104 Å². The van der Waals surface area contributed by atoms with Gasteiger partial charge in [-0.25, -0.2) is 15.0 Å². The summed E-state index contributed by atoms with van der Waals surface area (Å²) in [6, 6.07) is -0.0263. The minimum Gasteiger partial charge on any atom is -0.360 e. The molecular formula is C10H13ClN6. The van der Waals surface area contributed by atoms with E-state index in [9.17, 15) is 0 Å². The maximum atomic E-state index is 6.00. The van der Waals surface area contributed by atoms with E-state index in [0.29, 0.717) is 16.8 Å². The number of anilines is 1. The van der Waals surface area contributed by atoms with Crippen LogP contribution in [-0.4, -0.2) is 25.1 Å². The lowest BCUT2D eigenvalue weighted by molar-refractivity contribution is 0.785. The Morgan fingerprint density at radius 1 is 1.35 bits per heavy atom. The van der Waals surface area contributed by atoms with Gasteiger partial charge in [0.1, 0.15) is 28.9 Å². The molecule has 0 fully saturated rings. The second kappa shape index (κ2) is 4.67. The average molecular weight is 253 g/mol. The minimum absolute atomic E-state index is 0.0263. The Bertz CT molecular complexity index is 510. The highest BCUT2D eigenvalue weighted by Crippen LogP contribution is 2.22. The standard InChI is InChI=1S/C10H13ClN6/c1-5-8(11)15-7(3)16-9(5)14-6(2)10-12-4-13-17-10/h4,6H,1-3H3,(H,12,13,17)(H,14,15,16). The number of nitrogens with zero attached hydrogens (tertiary/aromatic N) is 4. The largest absolute Gasteiger partial charge is 0.360 e. The first-order chi connectivity index (χ1) is 8.08. The monoisotopic (exact) mass is 252 g/mol. The van der Waals surface area contributed by atoms with E-state index in [1.807, 2.05) is 13.8 Å². The lowest BCUT2D eigenvalue weighted by atomic mass is 10.3. The molecule has 90 valence electrons. The molecule has 0 aliphatic carbocycles. The second-order valence-electron chi connectivity index (χ2n) is 3.77. The molecular weight excluding hydrogens is 240 g/mol. The first kappa shape index (κ1) is 11.8. The number of hydrogen-bond acceptors (Lipinski definition) is 5. The Balaban J connectivity index is 2.24. The SMILES string of the molecule is Cc1nc(Cl)c(C)c(NC(C)c2ncn[nH]2)n1. The van der Waals surface area contributed by atoms with Crippen LogP contribution in [0.15, 0.2) is 6.33 Å². The van der Waals surface area contributed by atoms with Crippen molar-refractivity contribution in [2.45, 2.75) is 26.8 Å². The zero-order valence-electron chi connectivity index (χ0n) is 9.82. The molecule has 2 rings (SSSR count). The molecule has 2 N–H and O–H groups in total. The van der Waals surface area contributed by atoms with Gasteiger partial charge in [-0.2, -0.15) is 5.10 Å². The zero-order valence-corrected chi connectivity index (χ0v) is 10.6. The summed E-state index contributed by atoms with van der Waals surface area (Å²) in [5.74, 6) is 2.09. The van der Waals surface area contributed by atoms with Crippen molar-refractivity contribution < 1.29 is 0 Å². The van der Waals surface area contributed by atoms with Gasteiger partial charge in [-0.1, -0.05) is 11.6 Å². The number of aryl methyl sites for hydroxylation is 1. The molecule has 1 atom stereocenters. The number of aromatic nitrogens is 5. The first-order valence-corrected chi connectivity index (χ1v) is 5.58. The highest BCUT2D eigenvalue weighted by molar-refractivity contribution is 6.30. The lowest BCUT2D eigenvalue weighted by Crippen LogP contribution is -2.12. The van der Waals surface area contributed by atoms with Gasteiger partial charge in [0.05, 0.1) is 6.04 Å². The van der Waals surface area contributed by atoms with Crippen LogP contribution in [0.1, 0.15) is 30.2 Å². The van der Waals surface area contributed by atoms with Crippen molar-refractivity contribution >= 4 is 17.4 Å². The predicted molar refractivity (Wildman–Crippen MR) is 64.9 cm³/mol. The lowest BCUT2D eigenvalue weighted by Gasteiger charge is -2.14. The van der Waals surface area contributed by atoms with E-state index in [-0.39, 0.29) is 6.04 Å². The van der Waals surface area contributed by atoms with E-state index < -0.39 is 0 Å². The third-order valence-corrected chi connectivity index (χ3v) is 2.76. The van der Waals surface area contributed by atoms with Crippen molar-refractivity contribution in [3.63, 3.8) is 0 Å². The van der Waals surface area contributed by atoms with E-state index in [2.05, 4.69) is 30.5 Å². The van der Waals surface area contributed by atoms with Gasteiger partial charge >= 0.3 is 0 Å². The van der Waals surface area contributed by atoms with Gasteiger partial charge in [0.25, 0.3) is 0 Å². The van der Waals surface area contributed by atoms with Gasteiger partial charge in [0.2, 0.25) is 0 Å². The second-order valence-corrected chi connectivity index (χ2v) is 4.13. The molecule has 17 heavy (non-hydrogen) atoms. The summed E-state index contributed by atoms with van der Waals surface area (Å²) in [6.07, 6.45) is 1.47. The first-order valence-electron chi connectivity index (χ1n) is 5.20. The fourth-order valence-corrected chi connectivity index (χ4v) is 1.64. The summed E-state index contributed by atoms with van der Waals surface area (Å²) in [7, 11) is 0. The van der Waals surface area contributed by atoms with E-state index >= 15 is 0 Å². The molecule has 0 saturated carbocycles. The van der Waals surface area contributed by atoms with E-state index in [1.54, 1.807) is 6.92 Å². The molecule has 2 aromatic rings. The summed E-state index contributed by atoms with van der Waals surface area (Å²) < 4.78 is 0. The van der Waals surface area contributed by atoms with E-state index in [4.69, 9.17) is 11.6 Å². The van der Waals surface area contributed by atoms with Gasteiger partial charge in [0, 0.05) is 5.56 Å². The van der Waals surface area contributed by atoms with Crippen LogP contribution in [0, 0.1) is 13.8 Å². The van der Waals surface area contributed by atoms with Gasteiger partial charge in [-0.05, 0) is 20.8 Å². The number of nitrogens with one attached hydrogen (secondary N) is 2. The van der Waals surface area contributed by atoms with Crippen LogP contribution >= 0.6 is 11.6 Å². The van der Waals surface area contributed by atoms with Crippen molar-refractivity contribution in [2.75, 3.05) is 5.32 Å². The molecule has 2 aromatic heterocycles. The van der Waals surface area contributed by atoms with Crippen LogP contribution in [0.3, 0.4) is 0 Å². The third-order valence-electron chi connectivity index (χ3n) is 2.40. The number of H-pyrrole nitrogens is 1. The topological polar surface area (TPSA) is 79.4 Å². The number of rotatable bonds is 3. The van der Waals surface area contributed by atoms with Gasteiger partial charge in [0.15, 0.2) is 0 Å². The normalized spacial score (nSPS) is 12.5. The van der Waals surface area contributed by atoms with Crippen molar-refractivity contribution in [3.05, 3.63) is 28.7 Å². The number of hydrogen-bond donors (Lipinski definition) is 2. The average Bonchev–Trinajstić information content (AvgIpc) is 2.78. The summed E-state index contributed by atoms with van der Waals surface area (Å²) in [5, 5.41) is 10.3. The molecule has 0 amide bonds. The Hall–Kier alpha value is -1.69. The van der Waals surface area contributed by atoms with Crippen LogP contribution in [-0.2, 0) is 0 Å². The molecule has 0 aliphatic heterocycles. The summed E-state index contributed by atoms with van der Waals surface area (Å²) in [6.45, 7) is 5.64. The van der Waals surface area contributed by atoms with E-state index in [1.165, 1.54) is 6.33 Å². The maximum Gasteiger partial charge on any atom is 0.146 e. The fourth-order valence-electron chi connectivity index (χ4n) is 1.43. The van der Waals surface area contributed by atoms with Crippen LogP contribution in [0.5, 0.6) is 0 Å². The molecule has 2 heterocycles. The predicted octanol–water partition coefficient (Wildman–Crippen LogP) is 2.04. The third kappa shape index (κ3) is 2.52. The Morgan fingerprint density at radius 2 is 2.12 bits per heavy atom. The van der Waals surface area contributed by atoms with Crippen LogP contribution < -0.4 is 5.32 Å². The quantitative estimate of drug-likeness (QED) is 0.818. The van der Waals surface area contributed by atoms with Gasteiger partial charge in [-0.3, -0.25) is 5.10 Å². The molecule has 6 nitrogen and oxygen atoms in total. The van der Waals surface area contributed by atoms with Crippen molar-refractivity contribution in [1.82, 2.24) is 25.1 Å². The maximum absolute atomic E-state index is 6.00. The fraction of sp³-hybridized carbons (Fsp3) is 0.400. The summed E-state index contributed by atoms with van der Waals surface area (Å²) in [5.41, 5.74) is 0.823. The number of halogens is 1. The molecule has 0 radical (unpaired) electrons. The summed E-state index contributed by atoms with van der Waals surface area (Å²) >= 11 is 6.00. The molecule has 0 aromatic carbocycles. The van der Waals surface area contributed by atoms with Gasteiger partial charge in [-0.15, -0.1) is 0 Å². The molecule has 0 bridgehead atoms. The highest BCUT2D eigenvalue weighted by atomic mass is 35.5. The van der Waals surface area contributed by atoms with E-state index in [0.717, 1.165) is 11.4 Å². The van der Waals surface area contributed by atoms with Crippen LogP contribution in [0.25, 0.3) is 0 Å². The van der Waals surface area contributed by atoms with Gasteiger partial charge < -0.3 is 5.32 Å². The minimum atomic E-state index is -0.0263. The van der Waals surface area contributed by atoms with Crippen molar-refractivity contribution in [2.24, 2.45) is 0 Å². The van der Waals surface area contributed by atoms with Crippen molar-refractivity contribution in [3.8, 4) is 0 Å². The zero-order chi connectivity index (χ0) is 12.4.